The summed E-state index contributed by atoms with van der Waals surface area (Å²) in [6.07, 6.45) is 4.02. The van der Waals surface area contributed by atoms with Gasteiger partial charge in [0.05, 0.1) is 0 Å². The topological polar surface area (TPSA) is 113 Å². The zero-order valence-electron chi connectivity index (χ0n) is 10.9. The number of urea groups is 1. The Morgan fingerprint density at radius 2 is 1.74 bits per heavy atom. The quantitative estimate of drug-likeness (QED) is 0.667. The van der Waals surface area contributed by atoms with Crippen molar-refractivity contribution in [1.82, 2.24) is 10.2 Å². The van der Waals surface area contributed by atoms with E-state index >= 15 is 0 Å². The molecule has 0 saturated carbocycles. The van der Waals surface area contributed by atoms with E-state index in [4.69, 9.17) is 10.8 Å². The molecule has 1 saturated heterocycles. The molecule has 4 N–H and O–H groups in total. The lowest BCUT2D eigenvalue weighted by molar-refractivity contribution is -0.139. The number of nitrogens with one attached hydrogen (secondary N) is 1. The van der Waals surface area contributed by atoms with Crippen LogP contribution in [-0.4, -0.2) is 47.0 Å². The number of carboxylic acid groups (broad SMARTS) is 1. The summed E-state index contributed by atoms with van der Waals surface area (Å²) in [5, 5.41) is 11.5. The second-order valence-corrected chi connectivity index (χ2v) is 4.75. The van der Waals surface area contributed by atoms with Gasteiger partial charge in [-0.1, -0.05) is 12.8 Å². The maximum Gasteiger partial charge on any atom is 0.326 e. The summed E-state index contributed by atoms with van der Waals surface area (Å²) in [6, 6.07) is -1.44. The molecule has 1 unspecified atom stereocenters. The van der Waals surface area contributed by atoms with Gasteiger partial charge in [0.1, 0.15) is 6.04 Å². The van der Waals surface area contributed by atoms with E-state index in [1.807, 2.05) is 0 Å². The van der Waals surface area contributed by atoms with E-state index in [0.29, 0.717) is 13.1 Å². The van der Waals surface area contributed by atoms with Crippen molar-refractivity contribution < 1.29 is 19.5 Å². The minimum Gasteiger partial charge on any atom is -0.480 e. The number of primary amides is 1. The SMILES string of the molecule is NC(=O)CCC(NC(=O)N1CCCCCC1)C(=O)O. The standard InChI is InChI=1S/C12H21N3O4/c13-10(16)6-5-9(11(17)18)14-12(19)15-7-3-1-2-4-8-15/h9H,1-8H2,(H2,13,16)(H,14,19)(H,17,18). The molecular weight excluding hydrogens is 250 g/mol. The number of aliphatic carboxylic acids is 1. The van der Waals surface area contributed by atoms with Crippen molar-refractivity contribution in [2.45, 2.75) is 44.6 Å². The molecule has 19 heavy (non-hydrogen) atoms. The smallest absolute Gasteiger partial charge is 0.326 e. The van der Waals surface area contributed by atoms with Crippen LogP contribution in [0, 0.1) is 0 Å². The van der Waals surface area contributed by atoms with Crippen LogP contribution in [0.15, 0.2) is 0 Å². The molecule has 1 rings (SSSR count). The first-order valence-corrected chi connectivity index (χ1v) is 6.57. The highest BCUT2D eigenvalue weighted by Gasteiger charge is 2.23. The van der Waals surface area contributed by atoms with E-state index in [1.165, 1.54) is 0 Å². The van der Waals surface area contributed by atoms with E-state index in [1.54, 1.807) is 4.90 Å². The number of amides is 3. The zero-order valence-corrected chi connectivity index (χ0v) is 10.9. The number of carbonyl (C=O) groups excluding carboxylic acids is 2. The Hall–Kier alpha value is -1.79. The predicted octanol–water partition coefficient (Wildman–Crippen LogP) is 0.291. The maximum absolute atomic E-state index is 11.9. The summed E-state index contributed by atoms with van der Waals surface area (Å²) in [7, 11) is 0. The predicted molar refractivity (Wildman–Crippen MR) is 68.4 cm³/mol. The molecule has 0 aromatic carbocycles. The lowest BCUT2D eigenvalue weighted by Crippen LogP contribution is -2.48. The van der Waals surface area contributed by atoms with Crippen molar-refractivity contribution in [1.29, 1.82) is 0 Å². The van der Waals surface area contributed by atoms with Gasteiger partial charge in [-0.15, -0.1) is 0 Å². The molecule has 0 aromatic heterocycles. The van der Waals surface area contributed by atoms with Gasteiger partial charge in [0.25, 0.3) is 0 Å². The maximum atomic E-state index is 11.9. The summed E-state index contributed by atoms with van der Waals surface area (Å²) in [6.45, 7) is 1.29. The third-order valence-corrected chi connectivity index (χ3v) is 3.17. The van der Waals surface area contributed by atoms with Crippen molar-refractivity contribution in [3.05, 3.63) is 0 Å². The molecule has 0 radical (unpaired) electrons. The number of hydrogen-bond donors (Lipinski definition) is 3. The average Bonchev–Trinajstić information content (AvgIpc) is 2.62. The van der Waals surface area contributed by atoms with Gasteiger partial charge in [0.15, 0.2) is 0 Å². The molecule has 1 aliphatic heterocycles. The summed E-state index contributed by atoms with van der Waals surface area (Å²) in [5.74, 6) is -1.72. The van der Waals surface area contributed by atoms with Crippen LogP contribution >= 0.6 is 0 Å². The molecule has 7 heteroatoms. The Bertz CT molecular complexity index is 338. The Kier molecular flexibility index (Phi) is 6.11. The molecule has 0 bridgehead atoms. The van der Waals surface area contributed by atoms with Gasteiger partial charge in [0, 0.05) is 19.5 Å². The molecule has 1 aliphatic rings. The van der Waals surface area contributed by atoms with Gasteiger partial charge in [0.2, 0.25) is 5.91 Å². The zero-order chi connectivity index (χ0) is 14.3. The number of hydrogen-bond acceptors (Lipinski definition) is 3. The molecule has 1 fully saturated rings. The number of likely N-dealkylation sites (tertiary alicyclic amines) is 1. The average molecular weight is 271 g/mol. The molecule has 0 aromatic rings. The highest BCUT2D eigenvalue weighted by molar-refractivity contribution is 5.83. The largest absolute Gasteiger partial charge is 0.480 e. The van der Waals surface area contributed by atoms with Crippen LogP contribution in [0.1, 0.15) is 38.5 Å². The van der Waals surface area contributed by atoms with Crippen LogP contribution in [0.5, 0.6) is 0 Å². The van der Waals surface area contributed by atoms with Crippen molar-refractivity contribution in [2.24, 2.45) is 5.73 Å². The summed E-state index contributed by atoms with van der Waals surface area (Å²) < 4.78 is 0. The molecule has 0 spiro atoms. The molecular formula is C12H21N3O4. The van der Waals surface area contributed by atoms with Gasteiger partial charge in [-0.25, -0.2) is 9.59 Å². The lowest BCUT2D eigenvalue weighted by atomic mass is 10.1. The van der Waals surface area contributed by atoms with Crippen molar-refractivity contribution >= 4 is 17.9 Å². The summed E-state index contributed by atoms with van der Waals surface area (Å²) >= 11 is 0. The second-order valence-electron chi connectivity index (χ2n) is 4.75. The van der Waals surface area contributed by atoms with E-state index < -0.39 is 17.9 Å². The van der Waals surface area contributed by atoms with Gasteiger partial charge in [-0.3, -0.25) is 4.79 Å². The van der Waals surface area contributed by atoms with Crippen LogP contribution in [0.3, 0.4) is 0 Å². The van der Waals surface area contributed by atoms with Crippen molar-refractivity contribution in [3.8, 4) is 0 Å². The fourth-order valence-corrected chi connectivity index (χ4v) is 2.06. The summed E-state index contributed by atoms with van der Waals surface area (Å²) in [5.41, 5.74) is 4.98. The van der Waals surface area contributed by atoms with Crippen molar-refractivity contribution in [2.75, 3.05) is 13.1 Å². The molecule has 7 nitrogen and oxygen atoms in total. The van der Waals surface area contributed by atoms with Crippen LogP contribution in [-0.2, 0) is 9.59 Å². The minimum absolute atomic E-state index is 0.0181. The molecule has 1 heterocycles. The molecule has 3 amide bonds. The lowest BCUT2D eigenvalue weighted by Gasteiger charge is -2.23. The monoisotopic (exact) mass is 271 g/mol. The fourth-order valence-electron chi connectivity index (χ4n) is 2.06. The van der Waals surface area contributed by atoms with Crippen molar-refractivity contribution in [3.63, 3.8) is 0 Å². The molecule has 1 atom stereocenters. The number of carboxylic acids is 1. The van der Waals surface area contributed by atoms with Crippen LogP contribution in [0.25, 0.3) is 0 Å². The third kappa shape index (κ3) is 5.58. The van der Waals surface area contributed by atoms with E-state index in [-0.39, 0.29) is 18.9 Å². The first-order valence-electron chi connectivity index (χ1n) is 6.57. The van der Waals surface area contributed by atoms with Gasteiger partial charge in [-0.05, 0) is 19.3 Å². The molecule has 108 valence electrons. The minimum atomic E-state index is -1.15. The van der Waals surface area contributed by atoms with E-state index in [2.05, 4.69) is 5.32 Å². The number of rotatable bonds is 5. The van der Waals surface area contributed by atoms with Crippen LogP contribution < -0.4 is 11.1 Å². The second kappa shape index (κ2) is 7.60. The number of nitrogens with two attached hydrogens (primary N) is 1. The van der Waals surface area contributed by atoms with E-state index in [0.717, 1.165) is 25.7 Å². The highest BCUT2D eigenvalue weighted by Crippen LogP contribution is 2.10. The highest BCUT2D eigenvalue weighted by atomic mass is 16.4. The van der Waals surface area contributed by atoms with Gasteiger partial charge >= 0.3 is 12.0 Å². The Labute approximate surface area is 112 Å². The summed E-state index contributed by atoms with van der Waals surface area (Å²) in [4.78, 5) is 35.3. The van der Waals surface area contributed by atoms with Crippen LogP contribution in [0.4, 0.5) is 4.79 Å². The first-order chi connectivity index (χ1) is 9.00. The normalized spacial score (nSPS) is 17.4. The number of nitrogens with zero attached hydrogens (tertiary/aromatic N) is 1. The Morgan fingerprint density at radius 3 is 2.21 bits per heavy atom. The fraction of sp³-hybridized carbons (Fsp3) is 0.750. The third-order valence-electron chi connectivity index (χ3n) is 3.17. The van der Waals surface area contributed by atoms with Crippen LogP contribution in [0.2, 0.25) is 0 Å². The number of carbonyl (C=O) groups is 3. The first kappa shape index (κ1) is 15.3. The Balaban J connectivity index is 2.49. The van der Waals surface area contributed by atoms with Gasteiger partial charge in [-0.2, -0.15) is 0 Å². The van der Waals surface area contributed by atoms with E-state index in [9.17, 15) is 14.4 Å². The molecule has 0 aliphatic carbocycles. The van der Waals surface area contributed by atoms with Gasteiger partial charge < -0.3 is 21.1 Å². The Morgan fingerprint density at radius 1 is 1.16 bits per heavy atom.